The number of hydrogen-bond acceptors (Lipinski definition) is 0. The highest BCUT2D eigenvalue weighted by Crippen LogP contribution is 2.39. The molecule has 2 fully saturated rings. The molecule has 57 heavy (non-hydrogen) atoms. The Balaban J connectivity index is 0.000000396. The summed E-state index contributed by atoms with van der Waals surface area (Å²) >= 11 is 0. The fourth-order valence-corrected chi connectivity index (χ4v) is 7.49. The topological polar surface area (TPSA) is 0 Å². The zero-order valence-corrected chi connectivity index (χ0v) is 32.8. The average molecular weight is 795 g/mol. The molecule has 0 aromatic heterocycles. The van der Waals surface area contributed by atoms with Crippen LogP contribution in [-0.2, 0) is 0 Å². The number of unbranched alkanes of at least 4 members (excludes halogenated alkanes) is 3. The fourth-order valence-electron chi connectivity index (χ4n) is 7.49. The highest BCUT2D eigenvalue weighted by Gasteiger charge is 2.23. The second-order valence-corrected chi connectivity index (χ2v) is 14.9. The Kier molecular flexibility index (Phi) is 25.4. The third kappa shape index (κ3) is 18.8. The van der Waals surface area contributed by atoms with Gasteiger partial charge in [-0.1, -0.05) is 147 Å². The van der Waals surface area contributed by atoms with Gasteiger partial charge < -0.3 is 0 Å². The van der Waals surface area contributed by atoms with Crippen LogP contribution in [0.4, 0.5) is 26.3 Å². The van der Waals surface area contributed by atoms with Crippen LogP contribution in [0.1, 0.15) is 159 Å². The molecule has 0 spiro atoms. The van der Waals surface area contributed by atoms with Crippen LogP contribution in [0.25, 0.3) is 12.2 Å². The first-order valence-corrected chi connectivity index (χ1v) is 20.2. The van der Waals surface area contributed by atoms with E-state index in [4.69, 9.17) is 0 Å². The largest absolute Gasteiger partial charge is 0.207 e. The molecule has 6 rings (SSSR count). The van der Waals surface area contributed by atoms with Gasteiger partial charge in [0.05, 0.1) is 0 Å². The minimum atomic E-state index is -1.16. The van der Waals surface area contributed by atoms with Crippen molar-refractivity contribution in [1.29, 1.82) is 0 Å². The lowest BCUT2D eigenvalue weighted by Crippen LogP contribution is -2.13. The Morgan fingerprint density at radius 1 is 0.456 bits per heavy atom. The maximum absolute atomic E-state index is 12.0. The quantitative estimate of drug-likeness (QED) is 0.0806. The second kappa shape index (κ2) is 28.4. The molecule has 0 aliphatic heterocycles. The van der Waals surface area contributed by atoms with E-state index in [2.05, 4.69) is 75.5 Å². The van der Waals surface area contributed by atoms with Crippen molar-refractivity contribution in [1.82, 2.24) is 0 Å². The van der Waals surface area contributed by atoms with Gasteiger partial charge in [-0.15, -0.1) is 0 Å². The first-order valence-electron chi connectivity index (χ1n) is 20.2. The van der Waals surface area contributed by atoms with Crippen LogP contribution in [0.3, 0.4) is 0 Å². The van der Waals surface area contributed by atoms with Crippen LogP contribution in [0.15, 0.2) is 98.1 Å². The number of rotatable bonds is 11. The molecule has 0 radical (unpaired) electrons. The third-order valence-corrected chi connectivity index (χ3v) is 10.9. The molecule has 4 aromatic rings. The maximum Gasteiger partial charge on any atom is 0.161 e. The van der Waals surface area contributed by atoms with Crippen LogP contribution in [-0.4, -0.2) is 0 Å². The number of benzene rings is 4. The molecule has 0 unspecified atom stereocenters. The highest BCUT2D eigenvalue weighted by atomic mass is 19.2. The standard InChI is InChI=1S/C19H28.C18H26.2C6H3F3.2CH4/c1-3-5-6-7-17-10-14-19(15-11-17)18-12-8-16(4-2)9-13-18;1-3-5-6-16-9-13-18(14-10-16)17-11-7-15(4-2)8-12-17;2*7-4-1-2-5(8)6(9)3-4;;/h4,8-9,12-13,17,19H,2-3,5-7,10-11,14-15H2,1H3;4,7-8,11-12,16,18H,2-3,5-6,9-10,13-14H2,1H3;2*1-3H;2*1H4. The van der Waals surface area contributed by atoms with E-state index in [9.17, 15) is 26.3 Å². The van der Waals surface area contributed by atoms with Crippen LogP contribution in [0, 0.1) is 46.7 Å². The van der Waals surface area contributed by atoms with Crippen molar-refractivity contribution in [3.05, 3.63) is 155 Å². The molecular weight excluding hydrogens is 727 g/mol. The normalized spacial score (nSPS) is 18.3. The Bertz CT molecular complexity index is 1610. The van der Waals surface area contributed by atoms with Gasteiger partial charge in [-0.2, -0.15) is 0 Å². The van der Waals surface area contributed by atoms with Gasteiger partial charge in [0.2, 0.25) is 0 Å². The minimum absolute atomic E-state index is 0. The predicted octanol–water partition coefficient (Wildman–Crippen LogP) is 17.5. The summed E-state index contributed by atoms with van der Waals surface area (Å²) in [5, 5.41) is 0. The lowest BCUT2D eigenvalue weighted by Gasteiger charge is -2.29. The summed E-state index contributed by atoms with van der Waals surface area (Å²) in [6.45, 7) is 12.2. The lowest BCUT2D eigenvalue weighted by atomic mass is 9.77. The zero-order chi connectivity index (χ0) is 40.0. The molecule has 0 nitrogen and oxygen atoms in total. The van der Waals surface area contributed by atoms with E-state index in [0.29, 0.717) is 12.1 Å². The van der Waals surface area contributed by atoms with Crippen molar-refractivity contribution < 1.29 is 26.3 Å². The van der Waals surface area contributed by atoms with E-state index in [1.807, 2.05) is 12.2 Å². The molecule has 0 atom stereocenters. The third-order valence-electron chi connectivity index (χ3n) is 10.9. The second-order valence-electron chi connectivity index (χ2n) is 14.9. The van der Waals surface area contributed by atoms with E-state index in [0.717, 1.165) is 47.9 Å². The van der Waals surface area contributed by atoms with Crippen LogP contribution >= 0.6 is 0 Å². The summed E-state index contributed by atoms with van der Waals surface area (Å²) in [7, 11) is 0. The minimum Gasteiger partial charge on any atom is -0.207 e. The molecule has 2 aliphatic carbocycles. The Labute approximate surface area is 341 Å². The van der Waals surface area contributed by atoms with Gasteiger partial charge in [0.15, 0.2) is 23.3 Å². The molecule has 0 amide bonds. The fraction of sp³-hybridized carbons (Fsp3) is 0.451. The van der Waals surface area contributed by atoms with Gasteiger partial charge >= 0.3 is 0 Å². The molecular formula is C51H68F6. The van der Waals surface area contributed by atoms with Crippen molar-refractivity contribution in [2.24, 2.45) is 11.8 Å². The molecule has 0 N–H and O–H groups in total. The van der Waals surface area contributed by atoms with Gasteiger partial charge in [0.25, 0.3) is 0 Å². The number of hydrogen-bond donors (Lipinski definition) is 0. The summed E-state index contributed by atoms with van der Waals surface area (Å²) in [6, 6.07) is 22.2. The van der Waals surface area contributed by atoms with E-state index < -0.39 is 34.9 Å². The van der Waals surface area contributed by atoms with Crippen molar-refractivity contribution in [2.45, 2.75) is 137 Å². The van der Waals surface area contributed by atoms with Crippen molar-refractivity contribution in [3.8, 4) is 0 Å². The number of halogens is 6. The molecule has 0 bridgehead atoms. The lowest BCUT2D eigenvalue weighted by molar-refractivity contribution is 0.303. The molecule has 2 saturated carbocycles. The van der Waals surface area contributed by atoms with E-state index in [1.54, 1.807) is 0 Å². The van der Waals surface area contributed by atoms with E-state index in [-0.39, 0.29) is 14.9 Å². The highest BCUT2D eigenvalue weighted by molar-refractivity contribution is 5.48. The first-order chi connectivity index (χ1) is 26.6. The molecule has 6 heteroatoms. The van der Waals surface area contributed by atoms with Gasteiger partial charge in [0.1, 0.15) is 11.6 Å². The predicted molar refractivity (Wildman–Crippen MR) is 232 cm³/mol. The first kappa shape index (κ1) is 51.0. The van der Waals surface area contributed by atoms with E-state index >= 15 is 0 Å². The van der Waals surface area contributed by atoms with Crippen molar-refractivity contribution >= 4 is 12.2 Å². The monoisotopic (exact) mass is 795 g/mol. The summed E-state index contributed by atoms with van der Waals surface area (Å²) in [6.07, 6.45) is 25.1. The Morgan fingerprint density at radius 3 is 1.11 bits per heavy atom. The van der Waals surface area contributed by atoms with Crippen LogP contribution < -0.4 is 0 Å². The summed E-state index contributed by atoms with van der Waals surface area (Å²) in [5.41, 5.74) is 5.54. The zero-order valence-electron chi connectivity index (χ0n) is 32.8. The smallest absolute Gasteiger partial charge is 0.161 e. The SMILES string of the molecule is C.C.C=Cc1ccc(C2CCC(CCCC)CC2)cc1.C=Cc1ccc(C2CCC(CCCCC)CC2)cc1.Fc1ccc(F)c(F)c1.Fc1ccc(F)c(F)c1. The van der Waals surface area contributed by atoms with Gasteiger partial charge in [-0.3, -0.25) is 0 Å². The van der Waals surface area contributed by atoms with Crippen molar-refractivity contribution in [2.75, 3.05) is 0 Å². The van der Waals surface area contributed by atoms with Gasteiger partial charge in [0, 0.05) is 12.1 Å². The van der Waals surface area contributed by atoms with Crippen LogP contribution in [0.2, 0.25) is 0 Å². The van der Waals surface area contributed by atoms with Gasteiger partial charge in [-0.25, -0.2) is 26.3 Å². The molecule has 4 aromatic carbocycles. The molecule has 0 heterocycles. The van der Waals surface area contributed by atoms with E-state index in [1.165, 1.54) is 119 Å². The maximum atomic E-state index is 12.0. The molecule has 0 saturated heterocycles. The molecule has 2 aliphatic rings. The van der Waals surface area contributed by atoms with Crippen LogP contribution in [0.5, 0.6) is 0 Å². The van der Waals surface area contributed by atoms with Crippen molar-refractivity contribution in [3.63, 3.8) is 0 Å². The summed E-state index contributed by atoms with van der Waals surface area (Å²) in [4.78, 5) is 0. The Hall–Kier alpha value is -4.06. The average Bonchev–Trinajstić information content (AvgIpc) is 3.21. The molecule has 314 valence electrons. The van der Waals surface area contributed by atoms with Gasteiger partial charge in [-0.05, 0) is 122 Å². The summed E-state index contributed by atoms with van der Waals surface area (Å²) < 4.78 is 71.7. The Morgan fingerprint density at radius 2 is 0.807 bits per heavy atom. The summed E-state index contributed by atoms with van der Waals surface area (Å²) in [5.74, 6) is -2.28.